The Morgan fingerprint density at radius 3 is 2.56 bits per heavy atom. The van der Waals surface area contributed by atoms with Crippen molar-refractivity contribution < 1.29 is 22.4 Å². The topological polar surface area (TPSA) is 85.6 Å². The number of nitrogens with one attached hydrogen (secondary N) is 1. The Kier molecular flexibility index (Phi) is 6.64. The SMILES string of the molecule is CC(Cc1ccco1)NC(=O)CCCOc1ccc(S(C)(=O)=O)cc1. The monoisotopic (exact) mass is 365 g/mol. The van der Waals surface area contributed by atoms with Gasteiger partial charge < -0.3 is 14.5 Å². The van der Waals surface area contributed by atoms with Crippen molar-refractivity contribution in [3.05, 3.63) is 48.4 Å². The van der Waals surface area contributed by atoms with Crippen LogP contribution in [0.2, 0.25) is 0 Å². The van der Waals surface area contributed by atoms with Gasteiger partial charge in [0, 0.05) is 25.1 Å². The summed E-state index contributed by atoms with van der Waals surface area (Å²) in [6.07, 6.45) is 4.37. The van der Waals surface area contributed by atoms with E-state index in [2.05, 4.69) is 5.32 Å². The third kappa shape index (κ3) is 6.62. The molecule has 1 aromatic carbocycles. The quantitative estimate of drug-likeness (QED) is 0.690. The second kappa shape index (κ2) is 8.71. The molecule has 0 radical (unpaired) electrons. The van der Waals surface area contributed by atoms with Crippen LogP contribution in [0.5, 0.6) is 5.75 Å². The Bertz CT molecular complexity index is 766. The Hall–Kier alpha value is -2.28. The molecule has 7 heteroatoms. The van der Waals surface area contributed by atoms with Crippen molar-refractivity contribution in [3.63, 3.8) is 0 Å². The Morgan fingerprint density at radius 2 is 1.96 bits per heavy atom. The summed E-state index contributed by atoms with van der Waals surface area (Å²) in [4.78, 5) is 12.1. The third-order valence-corrected chi connectivity index (χ3v) is 4.69. The first-order chi connectivity index (χ1) is 11.8. The first-order valence-electron chi connectivity index (χ1n) is 8.09. The molecule has 0 fully saturated rings. The van der Waals surface area contributed by atoms with E-state index in [1.54, 1.807) is 18.4 Å². The number of amides is 1. The first kappa shape index (κ1) is 19.1. The van der Waals surface area contributed by atoms with Crippen LogP contribution in [0, 0.1) is 0 Å². The predicted octanol–water partition coefficient (Wildman–Crippen LogP) is 2.59. The molecule has 2 rings (SSSR count). The summed E-state index contributed by atoms with van der Waals surface area (Å²) in [6.45, 7) is 2.32. The van der Waals surface area contributed by atoms with Gasteiger partial charge in [0.05, 0.1) is 17.8 Å². The summed E-state index contributed by atoms with van der Waals surface area (Å²) in [7, 11) is -3.20. The molecular formula is C18H23NO5S. The minimum Gasteiger partial charge on any atom is -0.494 e. The maximum atomic E-state index is 11.9. The molecule has 2 aromatic rings. The van der Waals surface area contributed by atoms with Crippen molar-refractivity contribution in [2.45, 2.75) is 37.1 Å². The Morgan fingerprint density at radius 1 is 1.24 bits per heavy atom. The maximum Gasteiger partial charge on any atom is 0.220 e. The standard InChI is InChI=1S/C18H23NO5S/c1-14(13-16-5-3-11-24-16)19-18(20)6-4-12-23-15-7-9-17(10-8-15)25(2,21)22/h3,5,7-11,14H,4,6,12-13H2,1-2H3,(H,19,20). The molecule has 1 unspecified atom stereocenters. The fraction of sp³-hybridized carbons (Fsp3) is 0.389. The number of hydrogen-bond donors (Lipinski definition) is 1. The summed E-state index contributed by atoms with van der Waals surface area (Å²) in [5.74, 6) is 1.39. The lowest BCUT2D eigenvalue weighted by molar-refractivity contribution is -0.121. The van der Waals surface area contributed by atoms with E-state index in [-0.39, 0.29) is 16.8 Å². The minimum atomic E-state index is -3.20. The molecule has 0 saturated carbocycles. The van der Waals surface area contributed by atoms with Crippen molar-refractivity contribution in [2.75, 3.05) is 12.9 Å². The highest BCUT2D eigenvalue weighted by Gasteiger charge is 2.10. The molecule has 0 spiro atoms. The number of sulfone groups is 1. The van der Waals surface area contributed by atoms with Crippen LogP contribution in [0.15, 0.2) is 52.0 Å². The van der Waals surface area contributed by atoms with E-state index in [1.165, 1.54) is 12.1 Å². The lowest BCUT2D eigenvalue weighted by atomic mass is 10.2. The number of hydrogen-bond acceptors (Lipinski definition) is 5. The van der Waals surface area contributed by atoms with E-state index in [4.69, 9.17) is 9.15 Å². The van der Waals surface area contributed by atoms with Crippen LogP contribution >= 0.6 is 0 Å². The van der Waals surface area contributed by atoms with E-state index in [1.807, 2.05) is 19.1 Å². The van der Waals surface area contributed by atoms with Crippen molar-refractivity contribution in [2.24, 2.45) is 0 Å². The summed E-state index contributed by atoms with van der Waals surface area (Å²) in [5.41, 5.74) is 0. The molecular weight excluding hydrogens is 342 g/mol. The van der Waals surface area contributed by atoms with Crippen LogP contribution in [0.25, 0.3) is 0 Å². The van der Waals surface area contributed by atoms with Gasteiger partial charge in [-0.3, -0.25) is 4.79 Å². The fourth-order valence-corrected chi connectivity index (χ4v) is 2.96. The second-order valence-electron chi connectivity index (χ2n) is 5.95. The molecule has 0 aliphatic carbocycles. The molecule has 0 saturated heterocycles. The van der Waals surface area contributed by atoms with E-state index in [0.29, 0.717) is 31.6 Å². The number of furan rings is 1. The number of carbonyl (C=O) groups excluding carboxylic acids is 1. The van der Waals surface area contributed by atoms with Gasteiger partial charge in [0.2, 0.25) is 5.91 Å². The molecule has 0 aliphatic rings. The molecule has 1 aromatic heterocycles. The molecule has 1 amide bonds. The summed E-state index contributed by atoms with van der Waals surface area (Å²) in [6, 6.07) is 9.95. The van der Waals surface area contributed by atoms with Crippen molar-refractivity contribution in [3.8, 4) is 5.75 Å². The summed E-state index contributed by atoms with van der Waals surface area (Å²) < 4.78 is 33.5. The minimum absolute atomic E-state index is 0.00288. The van der Waals surface area contributed by atoms with Crippen molar-refractivity contribution in [1.82, 2.24) is 5.32 Å². The van der Waals surface area contributed by atoms with Gasteiger partial charge in [0.15, 0.2) is 9.84 Å². The largest absolute Gasteiger partial charge is 0.494 e. The molecule has 1 heterocycles. The summed E-state index contributed by atoms with van der Waals surface area (Å²) >= 11 is 0. The highest BCUT2D eigenvalue weighted by atomic mass is 32.2. The van der Waals surface area contributed by atoms with Crippen LogP contribution in [0.4, 0.5) is 0 Å². The zero-order valence-corrected chi connectivity index (χ0v) is 15.2. The molecule has 25 heavy (non-hydrogen) atoms. The van der Waals surface area contributed by atoms with Crippen LogP contribution < -0.4 is 10.1 Å². The lowest BCUT2D eigenvalue weighted by Gasteiger charge is -2.12. The number of carbonyl (C=O) groups is 1. The molecule has 6 nitrogen and oxygen atoms in total. The van der Waals surface area contributed by atoms with Gasteiger partial charge in [-0.15, -0.1) is 0 Å². The second-order valence-corrected chi connectivity index (χ2v) is 7.96. The molecule has 0 aliphatic heterocycles. The van der Waals surface area contributed by atoms with Gasteiger partial charge in [0.25, 0.3) is 0 Å². The van der Waals surface area contributed by atoms with Crippen LogP contribution in [-0.4, -0.2) is 33.2 Å². The first-order valence-corrected chi connectivity index (χ1v) is 9.98. The van der Waals surface area contributed by atoms with Crippen LogP contribution in [-0.2, 0) is 21.1 Å². The molecule has 1 atom stereocenters. The van der Waals surface area contributed by atoms with Gasteiger partial charge in [-0.1, -0.05) is 0 Å². The summed E-state index contributed by atoms with van der Waals surface area (Å²) in [5, 5.41) is 2.92. The average molecular weight is 365 g/mol. The van der Waals surface area contributed by atoms with Gasteiger partial charge in [-0.25, -0.2) is 8.42 Å². The van der Waals surface area contributed by atoms with Crippen LogP contribution in [0.3, 0.4) is 0 Å². The Balaban J connectivity index is 1.66. The number of benzene rings is 1. The van der Waals surface area contributed by atoms with Gasteiger partial charge >= 0.3 is 0 Å². The smallest absolute Gasteiger partial charge is 0.220 e. The highest BCUT2D eigenvalue weighted by Crippen LogP contribution is 2.16. The van der Waals surface area contributed by atoms with E-state index in [9.17, 15) is 13.2 Å². The van der Waals surface area contributed by atoms with Gasteiger partial charge in [-0.2, -0.15) is 0 Å². The number of ether oxygens (including phenoxy) is 1. The third-order valence-electron chi connectivity index (χ3n) is 3.56. The van der Waals surface area contributed by atoms with Gasteiger partial charge in [-0.05, 0) is 49.7 Å². The van der Waals surface area contributed by atoms with Crippen molar-refractivity contribution in [1.29, 1.82) is 0 Å². The van der Waals surface area contributed by atoms with Gasteiger partial charge in [0.1, 0.15) is 11.5 Å². The highest BCUT2D eigenvalue weighted by molar-refractivity contribution is 7.90. The zero-order chi connectivity index (χ0) is 18.3. The number of rotatable bonds is 9. The molecule has 1 N–H and O–H groups in total. The molecule has 0 bridgehead atoms. The van der Waals surface area contributed by atoms with E-state index in [0.717, 1.165) is 12.0 Å². The maximum absolute atomic E-state index is 11.9. The van der Waals surface area contributed by atoms with Crippen LogP contribution in [0.1, 0.15) is 25.5 Å². The lowest BCUT2D eigenvalue weighted by Crippen LogP contribution is -2.34. The normalized spacial score (nSPS) is 12.6. The van der Waals surface area contributed by atoms with E-state index >= 15 is 0 Å². The van der Waals surface area contributed by atoms with E-state index < -0.39 is 9.84 Å². The zero-order valence-electron chi connectivity index (χ0n) is 14.4. The average Bonchev–Trinajstić information content (AvgIpc) is 3.04. The van der Waals surface area contributed by atoms with Crippen molar-refractivity contribution >= 4 is 15.7 Å². The predicted molar refractivity (Wildman–Crippen MR) is 94.3 cm³/mol. The Labute approximate surface area is 148 Å². The molecule has 136 valence electrons. The fourth-order valence-electron chi connectivity index (χ4n) is 2.33.